The van der Waals surface area contributed by atoms with E-state index >= 15 is 0 Å². The van der Waals surface area contributed by atoms with Crippen LogP contribution in [-0.2, 0) is 0 Å². The number of methoxy groups -OCH3 is 1. The molecule has 1 unspecified atom stereocenters. The van der Waals surface area contributed by atoms with Crippen molar-refractivity contribution >= 4 is 5.69 Å². The van der Waals surface area contributed by atoms with Crippen LogP contribution in [0.25, 0.3) is 0 Å². The van der Waals surface area contributed by atoms with Crippen LogP contribution in [0.15, 0.2) is 42.5 Å². The Hall–Kier alpha value is -2.44. The molecule has 0 aliphatic heterocycles. The topological polar surface area (TPSA) is 41.5 Å². The number of hydrogen-bond acceptors (Lipinski definition) is 3. The highest BCUT2D eigenvalue weighted by Crippen LogP contribution is 2.26. The van der Waals surface area contributed by atoms with E-state index < -0.39 is 6.10 Å². The van der Waals surface area contributed by atoms with E-state index in [1.54, 1.807) is 7.11 Å². The van der Waals surface area contributed by atoms with Crippen molar-refractivity contribution in [3.63, 3.8) is 0 Å². The second kappa shape index (κ2) is 6.83. The first kappa shape index (κ1) is 15.0. The van der Waals surface area contributed by atoms with E-state index in [1.807, 2.05) is 49.4 Å². The maximum absolute atomic E-state index is 10.4. The van der Waals surface area contributed by atoms with Crippen molar-refractivity contribution in [2.75, 3.05) is 19.0 Å². The van der Waals surface area contributed by atoms with Crippen molar-refractivity contribution in [1.29, 1.82) is 0 Å². The molecule has 0 saturated heterocycles. The quantitative estimate of drug-likeness (QED) is 0.827. The van der Waals surface area contributed by atoms with Crippen LogP contribution in [0.4, 0.5) is 5.69 Å². The highest BCUT2D eigenvalue weighted by molar-refractivity contribution is 5.50. The molecule has 2 N–H and O–H groups in total. The molecule has 0 saturated carbocycles. The molecule has 2 rings (SSSR count). The fourth-order valence-electron chi connectivity index (χ4n) is 2.16. The van der Waals surface area contributed by atoms with Gasteiger partial charge in [0.15, 0.2) is 0 Å². The molecule has 1 atom stereocenters. The molecule has 3 heteroatoms. The summed E-state index contributed by atoms with van der Waals surface area (Å²) >= 11 is 0. The van der Waals surface area contributed by atoms with Gasteiger partial charge in [0, 0.05) is 23.4 Å². The SMILES string of the molecule is C#Cc1cccc(NCC(O)c2cc(C)ccc2OC)c1. The van der Waals surface area contributed by atoms with E-state index in [0.717, 1.165) is 22.4 Å². The summed E-state index contributed by atoms with van der Waals surface area (Å²) in [6.45, 7) is 2.37. The van der Waals surface area contributed by atoms with Gasteiger partial charge in [-0.25, -0.2) is 0 Å². The smallest absolute Gasteiger partial charge is 0.124 e. The highest BCUT2D eigenvalue weighted by Gasteiger charge is 2.13. The van der Waals surface area contributed by atoms with E-state index in [2.05, 4.69) is 11.2 Å². The number of hydrogen-bond donors (Lipinski definition) is 2. The molecule has 2 aromatic carbocycles. The second-order valence-corrected chi connectivity index (χ2v) is 4.87. The third kappa shape index (κ3) is 3.77. The molecule has 3 nitrogen and oxygen atoms in total. The van der Waals surface area contributed by atoms with Gasteiger partial charge in [0.05, 0.1) is 13.2 Å². The number of aliphatic hydroxyl groups excluding tert-OH is 1. The summed E-state index contributed by atoms with van der Waals surface area (Å²) in [6.07, 6.45) is 4.72. The number of rotatable bonds is 5. The van der Waals surface area contributed by atoms with Crippen LogP contribution in [0.3, 0.4) is 0 Å². The van der Waals surface area contributed by atoms with E-state index in [1.165, 1.54) is 0 Å². The van der Waals surface area contributed by atoms with Crippen molar-refractivity contribution in [1.82, 2.24) is 0 Å². The van der Waals surface area contributed by atoms with E-state index in [0.29, 0.717) is 12.3 Å². The Morgan fingerprint density at radius 1 is 1.29 bits per heavy atom. The molecular weight excluding hydrogens is 262 g/mol. The van der Waals surface area contributed by atoms with Crippen LogP contribution in [-0.4, -0.2) is 18.8 Å². The molecule has 108 valence electrons. The fourth-order valence-corrected chi connectivity index (χ4v) is 2.16. The summed E-state index contributed by atoms with van der Waals surface area (Å²) in [7, 11) is 1.60. The van der Waals surface area contributed by atoms with Gasteiger partial charge >= 0.3 is 0 Å². The summed E-state index contributed by atoms with van der Waals surface area (Å²) in [4.78, 5) is 0. The molecular formula is C18H19NO2. The molecule has 21 heavy (non-hydrogen) atoms. The average Bonchev–Trinajstić information content (AvgIpc) is 2.52. The predicted octanol–water partition coefficient (Wildman–Crippen LogP) is 3.13. The Morgan fingerprint density at radius 2 is 2.10 bits per heavy atom. The van der Waals surface area contributed by atoms with Gasteiger partial charge in [0.2, 0.25) is 0 Å². The lowest BCUT2D eigenvalue weighted by molar-refractivity contribution is 0.187. The van der Waals surface area contributed by atoms with Gasteiger partial charge in [0.25, 0.3) is 0 Å². The Labute approximate surface area is 125 Å². The molecule has 0 amide bonds. The summed E-state index contributed by atoms with van der Waals surface area (Å²) in [5, 5.41) is 13.5. The maximum atomic E-state index is 10.4. The van der Waals surface area contributed by atoms with E-state index in [9.17, 15) is 5.11 Å². The van der Waals surface area contributed by atoms with Crippen molar-refractivity contribution in [3.8, 4) is 18.1 Å². The highest BCUT2D eigenvalue weighted by atomic mass is 16.5. The zero-order chi connectivity index (χ0) is 15.2. The van der Waals surface area contributed by atoms with Crippen LogP contribution < -0.4 is 10.1 Å². The first-order valence-electron chi connectivity index (χ1n) is 6.77. The zero-order valence-electron chi connectivity index (χ0n) is 12.3. The second-order valence-electron chi connectivity index (χ2n) is 4.87. The van der Waals surface area contributed by atoms with Gasteiger partial charge in [-0.2, -0.15) is 0 Å². The molecule has 0 radical (unpaired) electrons. The van der Waals surface area contributed by atoms with Crippen LogP contribution in [0.5, 0.6) is 5.75 Å². The number of ether oxygens (including phenoxy) is 1. The summed E-state index contributed by atoms with van der Waals surface area (Å²) < 4.78 is 5.30. The lowest BCUT2D eigenvalue weighted by Gasteiger charge is -2.17. The molecule has 2 aromatic rings. The van der Waals surface area contributed by atoms with Crippen molar-refractivity contribution < 1.29 is 9.84 Å². The first-order chi connectivity index (χ1) is 10.1. The van der Waals surface area contributed by atoms with Crippen molar-refractivity contribution in [2.24, 2.45) is 0 Å². The van der Waals surface area contributed by atoms with Crippen LogP contribution in [0, 0.1) is 19.3 Å². The largest absolute Gasteiger partial charge is 0.496 e. The van der Waals surface area contributed by atoms with Gasteiger partial charge in [-0.3, -0.25) is 0 Å². The average molecular weight is 281 g/mol. The third-order valence-corrected chi connectivity index (χ3v) is 3.27. The monoisotopic (exact) mass is 281 g/mol. The Balaban J connectivity index is 2.09. The fraction of sp³-hybridized carbons (Fsp3) is 0.222. The van der Waals surface area contributed by atoms with E-state index in [4.69, 9.17) is 11.2 Å². The Bertz CT molecular complexity index is 659. The molecule has 0 spiro atoms. The van der Waals surface area contributed by atoms with Crippen LogP contribution in [0.1, 0.15) is 22.8 Å². The lowest BCUT2D eigenvalue weighted by atomic mass is 10.0. The number of nitrogens with one attached hydrogen (secondary N) is 1. The van der Waals surface area contributed by atoms with Crippen molar-refractivity contribution in [3.05, 3.63) is 59.2 Å². The number of aliphatic hydroxyl groups is 1. The summed E-state index contributed by atoms with van der Waals surface area (Å²) in [5.74, 6) is 3.28. The molecule has 0 bridgehead atoms. The van der Waals surface area contributed by atoms with Gasteiger partial charge in [-0.15, -0.1) is 6.42 Å². The molecule has 0 aliphatic rings. The molecule has 0 aromatic heterocycles. The molecule has 0 heterocycles. The van der Waals surface area contributed by atoms with E-state index in [-0.39, 0.29) is 0 Å². The third-order valence-electron chi connectivity index (χ3n) is 3.27. The number of benzene rings is 2. The van der Waals surface area contributed by atoms with Gasteiger partial charge in [0.1, 0.15) is 5.75 Å². The lowest BCUT2D eigenvalue weighted by Crippen LogP contribution is -2.13. The number of anilines is 1. The Morgan fingerprint density at radius 3 is 2.81 bits per heavy atom. The minimum atomic E-state index is -0.658. The zero-order valence-corrected chi connectivity index (χ0v) is 12.3. The maximum Gasteiger partial charge on any atom is 0.124 e. The standard InChI is InChI=1S/C18H19NO2/c1-4-14-6-5-7-15(11-14)19-12-17(20)16-10-13(2)8-9-18(16)21-3/h1,5-11,17,19-20H,12H2,2-3H3. The first-order valence-corrected chi connectivity index (χ1v) is 6.77. The summed E-state index contributed by atoms with van der Waals surface area (Å²) in [5.41, 5.74) is 3.55. The minimum Gasteiger partial charge on any atom is -0.496 e. The van der Waals surface area contributed by atoms with Crippen LogP contribution >= 0.6 is 0 Å². The molecule has 0 aliphatic carbocycles. The normalized spacial score (nSPS) is 11.5. The number of aryl methyl sites for hydroxylation is 1. The minimum absolute atomic E-state index is 0.383. The Kier molecular flexibility index (Phi) is 4.86. The molecule has 0 fully saturated rings. The van der Waals surface area contributed by atoms with Gasteiger partial charge in [-0.05, 0) is 37.3 Å². The van der Waals surface area contributed by atoms with Gasteiger partial charge < -0.3 is 15.2 Å². The van der Waals surface area contributed by atoms with Crippen LogP contribution in [0.2, 0.25) is 0 Å². The predicted molar refractivity (Wildman–Crippen MR) is 85.6 cm³/mol. The van der Waals surface area contributed by atoms with Gasteiger partial charge in [-0.1, -0.05) is 23.6 Å². The van der Waals surface area contributed by atoms with Crippen molar-refractivity contribution in [2.45, 2.75) is 13.0 Å². The number of terminal acetylenes is 1. The summed E-state index contributed by atoms with van der Waals surface area (Å²) in [6, 6.07) is 13.3.